The fourth-order valence-electron chi connectivity index (χ4n) is 2.82. The van der Waals surface area contributed by atoms with Crippen LogP contribution in [0.15, 0.2) is 69.3 Å². The monoisotopic (exact) mass is 448 g/mol. The van der Waals surface area contributed by atoms with E-state index >= 15 is 0 Å². The number of hydrogen-bond donors (Lipinski definition) is 2. The van der Waals surface area contributed by atoms with Gasteiger partial charge in [0.2, 0.25) is 5.91 Å². The number of hydrogen-bond acceptors (Lipinski definition) is 7. The third-order valence-corrected chi connectivity index (χ3v) is 5.49. The molecule has 4 rings (SSSR count). The lowest BCUT2D eigenvalue weighted by atomic mass is 10.1. The average Bonchev–Trinajstić information content (AvgIpc) is 3.24. The molecule has 0 aliphatic carbocycles. The first-order valence-electron chi connectivity index (χ1n) is 8.91. The van der Waals surface area contributed by atoms with Crippen molar-refractivity contribution < 1.29 is 9.21 Å². The van der Waals surface area contributed by atoms with Crippen LogP contribution in [-0.2, 0) is 0 Å². The van der Waals surface area contributed by atoms with Crippen LogP contribution >= 0.6 is 22.9 Å². The highest BCUT2D eigenvalue weighted by molar-refractivity contribution is 7.11. The summed E-state index contributed by atoms with van der Waals surface area (Å²) >= 11 is 7.25. The van der Waals surface area contributed by atoms with Crippen LogP contribution in [0.2, 0.25) is 5.02 Å². The number of rotatable bonds is 5. The SMILES string of the molecule is N#C/C(=C/Nc1ccc(C(N)=O)cc1)c1nc(-c2cc3cc(Cl)ccc3oc2=O)cs1. The number of benzene rings is 2. The Morgan fingerprint density at radius 1 is 1.23 bits per heavy atom. The van der Waals surface area contributed by atoms with E-state index in [9.17, 15) is 14.9 Å². The van der Waals surface area contributed by atoms with Gasteiger partial charge in [-0.25, -0.2) is 9.78 Å². The number of nitrogens with two attached hydrogens (primary N) is 1. The zero-order valence-corrected chi connectivity index (χ0v) is 17.3. The van der Waals surface area contributed by atoms with E-state index in [1.54, 1.807) is 53.9 Å². The van der Waals surface area contributed by atoms with Gasteiger partial charge in [0, 0.05) is 33.2 Å². The van der Waals surface area contributed by atoms with Gasteiger partial charge in [-0.05, 0) is 48.5 Å². The molecule has 152 valence electrons. The van der Waals surface area contributed by atoms with Crippen molar-refractivity contribution >= 4 is 51.1 Å². The zero-order valence-electron chi connectivity index (χ0n) is 15.8. The maximum atomic E-state index is 12.4. The molecule has 0 bridgehead atoms. The summed E-state index contributed by atoms with van der Waals surface area (Å²) in [6, 6.07) is 15.2. The molecule has 0 unspecified atom stereocenters. The van der Waals surface area contributed by atoms with Crippen LogP contribution in [0.3, 0.4) is 0 Å². The van der Waals surface area contributed by atoms with Crippen LogP contribution in [0.25, 0.3) is 27.8 Å². The number of allylic oxidation sites excluding steroid dienone is 1. The molecule has 2 aromatic carbocycles. The van der Waals surface area contributed by atoms with Crippen LogP contribution in [0, 0.1) is 11.3 Å². The second-order valence-electron chi connectivity index (χ2n) is 6.42. The minimum absolute atomic E-state index is 0.281. The fraction of sp³-hybridized carbons (Fsp3) is 0. The van der Waals surface area contributed by atoms with Crippen molar-refractivity contribution in [2.45, 2.75) is 0 Å². The van der Waals surface area contributed by atoms with E-state index < -0.39 is 11.5 Å². The average molecular weight is 449 g/mol. The summed E-state index contributed by atoms with van der Waals surface area (Å²) in [4.78, 5) is 28.0. The first-order valence-corrected chi connectivity index (χ1v) is 10.2. The Balaban J connectivity index is 1.62. The lowest BCUT2D eigenvalue weighted by Crippen LogP contribution is -2.10. The van der Waals surface area contributed by atoms with E-state index in [4.69, 9.17) is 21.8 Å². The van der Waals surface area contributed by atoms with Crippen LogP contribution in [0.4, 0.5) is 5.69 Å². The Morgan fingerprint density at radius 3 is 2.71 bits per heavy atom. The van der Waals surface area contributed by atoms with Gasteiger partial charge in [-0.15, -0.1) is 11.3 Å². The summed E-state index contributed by atoms with van der Waals surface area (Å²) < 4.78 is 5.36. The van der Waals surface area contributed by atoms with Crippen molar-refractivity contribution in [3.05, 3.63) is 86.1 Å². The predicted octanol–water partition coefficient (Wildman–Crippen LogP) is 4.65. The fourth-order valence-corrected chi connectivity index (χ4v) is 3.79. The molecule has 3 N–H and O–H groups in total. The van der Waals surface area contributed by atoms with Gasteiger partial charge in [0.25, 0.3) is 0 Å². The smallest absolute Gasteiger partial charge is 0.345 e. The maximum Gasteiger partial charge on any atom is 0.345 e. The van der Waals surface area contributed by atoms with Gasteiger partial charge in [-0.1, -0.05) is 11.6 Å². The van der Waals surface area contributed by atoms with Crippen LogP contribution < -0.4 is 16.7 Å². The van der Waals surface area contributed by atoms with Gasteiger partial charge >= 0.3 is 5.63 Å². The number of carbonyl (C=O) groups is 1. The first-order chi connectivity index (χ1) is 14.9. The molecule has 0 fully saturated rings. The summed E-state index contributed by atoms with van der Waals surface area (Å²) in [6.45, 7) is 0. The maximum absolute atomic E-state index is 12.4. The quantitative estimate of drug-likeness (QED) is 0.338. The number of nitrogens with zero attached hydrogens (tertiary/aromatic N) is 2. The number of thiazole rings is 1. The number of primary amides is 1. The number of nitrogens with one attached hydrogen (secondary N) is 1. The highest BCUT2D eigenvalue weighted by Crippen LogP contribution is 2.27. The standard InChI is InChI=1S/C22H13ClN4O3S/c23-15-3-6-19-13(7-15)8-17(22(29)30-19)18-11-31-21(27-18)14(9-24)10-26-16-4-1-12(2-5-16)20(25)28/h1-8,10-11,26H,(H2,25,28)/b14-10-. The number of amides is 1. The summed E-state index contributed by atoms with van der Waals surface area (Å²) in [5.74, 6) is -0.518. The van der Waals surface area contributed by atoms with Crippen LogP contribution in [-0.4, -0.2) is 10.9 Å². The van der Waals surface area contributed by atoms with E-state index in [0.717, 1.165) is 0 Å². The molecular weight excluding hydrogens is 436 g/mol. The molecule has 7 nitrogen and oxygen atoms in total. The summed E-state index contributed by atoms with van der Waals surface area (Å²) in [5.41, 5.74) is 7.15. The van der Waals surface area contributed by atoms with Crippen LogP contribution in [0.5, 0.6) is 0 Å². The molecule has 0 spiro atoms. The summed E-state index contributed by atoms with van der Waals surface area (Å²) in [7, 11) is 0. The highest BCUT2D eigenvalue weighted by Gasteiger charge is 2.14. The Morgan fingerprint density at radius 2 is 2.00 bits per heavy atom. The third-order valence-electron chi connectivity index (χ3n) is 4.38. The van der Waals surface area contributed by atoms with Gasteiger partial charge in [0.1, 0.15) is 22.2 Å². The van der Waals surface area contributed by atoms with Gasteiger partial charge < -0.3 is 15.5 Å². The number of fused-ring (bicyclic) bond motifs is 1. The molecule has 0 atom stereocenters. The van der Waals surface area contributed by atoms with Crippen molar-refractivity contribution in [2.75, 3.05) is 5.32 Å². The van der Waals surface area contributed by atoms with Gasteiger partial charge in [0.15, 0.2) is 0 Å². The number of halogens is 1. The largest absolute Gasteiger partial charge is 0.422 e. The number of anilines is 1. The lowest BCUT2D eigenvalue weighted by molar-refractivity contribution is 0.100. The third kappa shape index (κ3) is 4.33. The zero-order chi connectivity index (χ0) is 22.0. The Kier molecular flexibility index (Phi) is 5.54. The van der Waals surface area contributed by atoms with Gasteiger partial charge in [0.05, 0.1) is 11.3 Å². The molecule has 0 radical (unpaired) electrons. The molecular formula is C22H13ClN4O3S. The number of aromatic nitrogens is 1. The Bertz CT molecular complexity index is 1430. The molecule has 2 aromatic heterocycles. The molecule has 4 aromatic rings. The molecule has 0 aliphatic heterocycles. The minimum atomic E-state index is -0.526. The molecule has 0 aliphatic rings. The molecule has 1 amide bonds. The molecule has 0 saturated heterocycles. The normalized spacial score (nSPS) is 11.3. The summed E-state index contributed by atoms with van der Waals surface area (Å²) in [5, 5.41) is 15.8. The van der Waals surface area contributed by atoms with E-state index in [2.05, 4.69) is 16.4 Å². The summed E-state index contributed by atoms with van der Waals surface area (Å²) in [6.07, 6.45) is 1.50. The predicted molar refractivity (Wildman–Crippen MR) is 121 cm³/mol. The second-order valence-corrected chi connectivity index (χ2v) is 7.72. The Labute approximate surface area is 185 Å². The molecule has 0 saturated carbocycles. The van der Waals surface area contributed by atoms with E-state index in [0.29, 0.717) is 37.9 Å². The van der Waals surface area contributed by atoms with Crippen LogP contribution in [0.1, 0.15) is 15.4 Å². The van der Waals surface area contributed by atoms with Crippen molar-refractivity contribution in [1.82, 2.24) is 4.98 Å². The molecule has 9 heteroatoms. The van der Waals surface area contributed by atoms with Gasteiger partial charge in [-0.3, -0.25) is 4.79 Å². The van der Waals surface area contributed by atoms with E-state index in [-0.39, 0.29) is 11.1 Å². The molecule has 2 heterocycles. The van der Waals surface area contributed by atoms with Gasteiger partial charge in [-0.2, -0.15) is 5.26 Å². The van der Waals surface area contributed by atoms with Crippen molar-refractivity contribution in [2.24, 2.45) is 5.73 Å². The van der Waals surface area contributed by atoms with E-state index in [1.165, 1.54) is 17.5 Å². The van der Waals surface area contributed by atoms with Crippen molar-refractivity contribution in [1.29, 1.82) is 5.26 Å². The Hall–Kier alpha value is -3.93. The number of nitriles is 1. The number of carbonyl (C=O) groups excluding carboxylic acids is 1. The van der Waals surface area contributed by atoms with E-state index in [1.807, 2.05) is 0 Å². The van der Waals surface area contributed by atoms with Crippen molar-refractivity contribution in [3.8, 4) is 17.3 Å². The topological polar surface area (TPSA) is 122 Å². The lowest BCUT2D eigenvalue weighted by Gasteiger charge is -2.02. The van der Waals surface area contributed by atoms with Crippen molar-refractivity contribution in [3.63, 3.8) is 0 Å². The second kappa shape index (κ2) is 8.44. The minimum Gasteiger partial charge on any atom is -0.422 e. The first kappa shape index (κ1) is 20.3. The highest BCUT2D eigenvalue weighted by atomic mass is 35.5. The molecule has 31 heavy (non-hydrogen) atoms.